The highest BCUT2D eigenvalue weighted by Gasteiger charge is 2.49. The number of anilines is 1. The number of hydrogen-bond acceptors (Lipinski definition) is 2. The quantitative estimate of drug-likeness (QED) is 0.846. The number of aryl methyl sites for hydroxylation is 1. The van der Waals surface area contributed by atoms with E-state index >= 15 is 0 Å². The molecule has 3 rings (SSSR count). The number of para-hydroxylation sites is 1. The van der Waals surface area contributed by atoms with Crippen LogP contribution in [0.2, 0.25) is 0 Å². The number of amides is 1. The smallest absolute Gasteiger partial charge is 0.268 e. The lowest BCUT2D eigenvalue weighted by Crippen LogP contribution is -2.39. The Bertz CT molecular complexity index is 648. The van der Waals surface area contributed by atoms with Crippen molar-refractivity contribution in [3.05, 3.63) is 65.2 Å². The van der Waals surface area contributed by atoms with Crippen LogP contribution in [-0.2, 0) is 10.4 Å². The molecule has 0 fully saturated rings. The van der Waals surface area contributed by atoms with Crippen molar-refractivity contribution in [1.82, 2.24) is 0 Å². The zero-order valence-corrected chi connectivity index (χ0v) is 10.9. The van der Waals surface area contributed by atoms with Gasteiger partial charge >= 0.3 is 0 Å². The minimum atomic E-state index is -1.57. The van der Waals surface area contributed by atoms with E-state index in [9.17, 15) is 9.90 Å². The molecule has 1 amide bonds. The first-order chi connectivity index (χ1) is 9.05. The highest BCUT2D eigenvalue weighted by atomic mass is 16.3. The number of carbonyl (C=O) groups is 1. The van der Waals surface area contributed by atoms with E-state index in [2.05, 4.69) is 0 Å². The molecule has 1 N–H and O–H groups in total. The lowest BCUT2D eigenvalue weighted by molar-refractivity contribution is -0.131. The maximum atomic E-state index is 12.4. The van der Waals surface area contributed by atoms with E-state index in [0.29, 0.717) is 11.1 Å². The number of fused-ring (bicyclic) bond motifs is 1. The Kier molecular flexibility index (Phi) is 2.47. The molecule has 0 radical (unpaired) electrons. The predicted octanol–water partition coefficient (Wildman–Crippen LogP) is 2.21. The Morgan fingerprint density at radius 2 is 1.68 bits per heavy atom. The molecule has 0 aromatic heterocycles. The van der Waals surface area contributed by atoms with Crippen LogP contribution in [0.5, 0.6) is 0 Å². The Balaban J connectivity index is 2.24. The molecule has 0 bridgehead atoms. The number of hydrogen-bond donors (Lipinski definition) is 1. The second kappa shape index (κ2) is 3.93. The molecule has 19 heavy (non-hydrogen) atoms. The van der Waals surface area contributed by atoms with Crippen LogP contribution in [0.3, 0.4) is 0 Å². The maximum Gasteiger partial charge on any atom is 0.268 e. The topological polar surface area (TPSA) is 40.5 Å². The molecule has 3 nitrogen and oxygen atoms in total. The SMILES string of the molecule is Cc1ccc(C2(O)C(=O)N(C)c3ccccc32)cc1. The van der Waals surface area contributed by atoms with E-state index in [1.807, 2.05) is 49.4 Å². The van der Waals surface area contributed by atoms with Crippen molar-refractivity contribution in [2.75, 3.05) is 11.9 Å². The van der Waals surface area contributed by atoms with Crippen molar-refractivity contribution >= 4 is 11.6 Å². The summed E-state index contributed by atoms with van der Waals surface area (Å²) in [4.78, 5) is 14.0. The van der Waals surface area contributed by atoms with Gasteiger partial charge in [0, 0.05) is 12.6 Å². The van der Waals surface area contributed by atoms with E-state index in [1.54, 1.807) is 13.1 Å². The number of benzene rings is 2. The third-order valence-electron chi connectivity index (χ3n) is 3.74. The van der Waals surface area contributed by atoms with E-state index in [-0.39, 0.29) is 5.91 Å². The number of aliphatic hydroxyl groups is 1. The Labute approximate surface area is 112 Å². The summed E-state index contributed by atoms with van der Waals surface area (Å²) >= 11 is 0. The van der Waals surface area contributed by atoms with E-state index in [1.165, 1.54) is 4.90 Å². The van der Waals surface area contributed by atoms with Crippen LogP contribution < -0.4 is 4.90 Å². The summed E-state index contributed by atoms with van der Waals surface area (Å²) in [6.07, 6.45) is 0. The fourth-order valence-electron chi connectivity index (χ4n) is 2.61. The van der Waals surface area contributed by atoms with Crippen molar-refractivity contribution in [3.8, 4) is 0 Å². The third-order valence-corrected chi connectivity index (χ3v) is 3.74. The lowest BCUT2D eigenvalue weighted by Gasteiger charge is -2.22. The number of likely N-dealkylation sites (N-methyl/N-ethyl adjacent to an activating group) is 1. The molecular weight excluding hydrogens is 238 g/mol. The largest absolute Gasteiger partial charge is 0.372 e. The minimum absolute atomic E-state index is 0.308. The molecule has 1 heterocycles. The van der Waals surface area contributed by atoms with Gasteiger partial charge in [0.05, 0.1) is 5.69 Å². The van der Waals surface area contributed by atoms with Gasteiger partial charge in [-0.25, -0.2) is 0 Å². The molecule has 0 spiro atoms. The zero-order valence-electron chi connectivity index (χ0n) is 10.9. The Morgan fingerprint density at radius 3 is 2.37 bits per heavy atom. The van der Waals surface area contributed by atoms with Crippen LogP contribution in [0.1, 0.15) is 16.7 Å². The van der Waals surface area contributed by atoms with Crippen molar-refractivity contribution in [3.63, 3.8) is 0 Å². The Hall–Kier alpha value is -2.13. The molecule has 1 atom stereocenters. The summed E-state index contributed by atoms with van der Waals surface area (Å²) in [6.45, 7) is 1.98. The fraction of sp³-hybridized carbons (Fsp3) is 0.188. The van der Waals surface area contributed by atoms with Crippen molar-refractivity contribution in [1.29, 1.82) is 0 Å². The first kappa shape index (κ1) is 11.9. The highest BCUT2D eigenvalue weighted by molar-refractivity contribution is 6.08. The van der Waals surface area contributed by atoms with Crippen LogP contribution in [0.15, 0.2) is 48.5 Å². The van der Waals surface area contributed by atoms with Gasteiger partial charge in [0.15, 0.2) is 5.60 Å². The van der Waals surface area contributed by atoms with Gasteiger partial charge in [-0.3, -0.25) is 4.79 Å². The normalized spacial score (nSPS) is 21.6. The van der Waals surface area contributed by atoms with Gasteiger partial charge in [-0.05, 0) is 18.6 Å². The van der Waals surface area contributed by atoms with Crippen LogP contribution >= 0.6 is 0 Å². The van der Waals surface area contributed by atoms with Crippen LogP contribution in [0.25, 0.3) is 0 Å². The van der Waals surface area contributed by atoms with Crippen molar-refractivity contribution in [2.24, 2.45) is 0 Å². The molecule has 0 saturated carbocycles. The summed E-state index contributed by atoms with van der Waals surface area (Å²) in [7, 11) is 1.69. The fourth-order valence-corrected chi connectivity index (χ4v) is 2.61. The monoisotopic (exact) mass is 253 g/mol. The van der Waals surface area contributed by atoms with Gasteiger partial charge in [-0.1, -0.05) is 48.0 Å². The molecule has 1 aliphatic heterocycles. The molecule has 2 aromatic carbocycles. The lowest BCUT2D eigenvalue weighted by atomic mass is 9.87. The second-order valence-corrected chi connectivity index (χ2v) is 4.96. The maximum absolute atomic E-state index is 12.4. The molecule has 2 aromatic rings. The van der Waals surface area contributed by atoms with Gasteiger partial charge < -0.3 is 10.0 Å². The summed E-state index contributed by atoms with van der Waals surface area (Å²) < 4.78 is 0. The highest BCUT2D eigenvalue weighted by Crippen LogP contribution is 2.43. The summed E-state index contributed by atoms with van der Waals surface area (Å²) in [5.74, 6) is -0.308. The molecular formula is C16H15NO2. The van der Waals surface area contributed by atoms with E-state index in [4.69, 9.17) is 0 Å². The zero-order chi connectivity index (χ0) is 13.6. The second-order valence-electron chi connectivity index (χ2n) is 4.96. The first-order valence-electron chi connectivity index (χ1n) is 6.22. The summed E-state index contributed by atoms with van der Waals surface area (Å²) in [5, 5.41) is 11.0. The average molecular weight is 253 g/mol. The standard InChI is InChI=1S/C16H15NO2/c1-11-7-9-12(10-8-11)16(19)13-5-3-4-6-14(13)17(2)15(16)18/h3-10,19H,1-2H3. The number of nitrogens with zero attached hydrogens (tertiary/aromatic N) is 1. The van der Waals surface area contributed by atoms with Gasteiger partial charge in [-0.2, -0.15) is 0 Å². The molecule has 96 valence electrons. The number of carbonyl (C=O) groups excluding carboxylic acids is 1. The van der Waals surface area contributed by atoms with Crippen LogP contribution in [0, 0.1) is 6.92 Å². The molecule has 1 unspecified atom stereocenters. The first-order valence-corrected chi connectivity index (χ1v) is 6.22. The summed E-state index contributed by atoms with van der Waals surface area (Å²) in [5.41, 5.74) is 1.54. The average Bonchev–Trinajstić information content (AvgIpc) is 2.63. The van der Waals surface area contributed by atoms with Gasteiger partial charge in [-0.15, -0.1) is 0 Å². The predicted molar refractivity (Wildman–Crippen MR) is 74.0 cm³/mol. The molecule has 3 heteroatoms. The molecule has 0 saturated heterocycles. The van der Waals surface area contributed by atoms with Crippen molar-refractivity contribution in [2.45, 2.75) is 12.5 Å². The third kappa shape index (κ3) is 1.52. The van der Waals surface area contributed by atoms with E-state index < -0.39 is 5.60 Å². The molecule has 0 aliphatic carbocycles. The van der Waals surface area contributed by atoms with Crippen LogP contribution in [0.4, 0.5) is 5.69 Å². The van der Waals surface area contributed by atoms with Gasteiger partial charge in [0.1, 0.15) is 0 Å². The van der Waals surface area contributed by atoms with Crippen LogP contribution in [-0.4, -0.2) is 18.1 Å². The number of rotatable bonds is 1. The van der Waals surface area contributed by atoms with Crippen molar-refractivity contribution < 1.29 is 9.90 Å². The van der Waals surface area contributed by atoms with E-state index in [0.717, 1.165) is 11.3 Å². The van der Waals surface area contributed by atoms with Gasteiger partial charge in [0.25, 0.3) is 5.91 Å². The minimum Gasteiger partial charge on any atom is -0.372 e. The Morgan fingerprint density at radius 1 is 1.05 bits per heavy atom. The van der Waals surface area contributed by atoms with Gasteiger partial charge in [0.2, 0.25) is 0 Å². The molecule has 1 aliphatic rings. The summed E-state index contributed by atoms with van der Waals surface area (Å²) in [6, 6.07) is 14.8.